The lowest BCUT2D eigenvalue weighted by Gasteiger charge is -2.32. The predicted molar refractivity (Wildman–Crippen MR) is 62.8 cm³/mol. The number of piperazine rings is 1. The van der Waals surface area contributed by atoms with E-state index in [-0.39, 0.29) is 12.1 Å². The van der Waals surface area contributed by atoms with Crippen molar-refractivity contribution in [2.75, 3.05) is 18.0 Å². The highest BCUT2D eigenvalue weighted by molar-refractivity contribution is 5.99. The fourth-order valence-corrected chi connectivity index (χ4v) is 1.98. The standard InChI is InChI=1S/C12H13FN2O3/c13-8-3-1-2-4-10(8)15-6-5-14-9(12(15)18)7-11(16)17/h1-4,9,14H,5-7H2,(H,16,17). The summed E-state index contributed by atoms with van der Waals surface area (Å²) in [6.45, 7) is 0.772. The number of benzene rings is 1. The van der Waals surface area contributed by atoms with E-state index in [1.54, 1.807) is 12.1 Å². The van der Waals surface area contributed by atoms with E-state index in [1.807, 2.05) is 0 Å². The molecule has 1 heterocycles. The average molecular weight is 252 g/mol. The van der Waals surface area contributed by atoms with Crippen LogP contribution in [0.5, 0.6) is 0 Å². The van der Waals surface area contributed by atoms with Gasteiger partial charge in [-0.1, -0.05) is 12.1 Å². The molecule has 0 spiro atoms. The molecule has 5 nitrogen and oxygen atoms in total. The molecule has 2 N–H and O–H groups in total. The van der Waals surface area contributed by atoms with E-state index in [0.29, 0.717) is 13.1 Å². The van der Waals surface area contributed by atoms with Crippen molar-refractivity contribution in [3.8, 4) is 0 Å². The van der Waals surface area contributed by atoms with Crippen LogP contribution in [0.1, 0.15) is 6.42 Å². The van der Waals surface area contributed by atoms with E-state index in [4.69, 9.17) is 5.11 Å². The summed E-state index contributed by atoms with van der Waals surface area (Å²) in [6.07, 6.45) is -0.302. The molecule has 0 aliphatic carbocycles. The molecule has 1 atom stereocenters. The first-order valence-corrected chi connectivity index (χ1v) is 5.60. The van der Waals surface area contributed by atoms with Crippen molar-refractivity contribution in [1.29, 1.82) is 0 Å². The largest absolute Gasteiger partial charge is 0.481 e. The van der Waals surface area contributed by atoms with Crippen LogP contribution in [0.3, 0.4) is 0 Å². The molecule has 1 aliphatic rings. The number of nitrogens with one attached hydrogen (secondary N) is 1. The van der Waals surface area contributed by atoms with Gasteiger partial charge in [-0.25, -0.2) is 4.39 Å². The SMILES string of the molecule is O=C(O)CC1NCCN(c2ccccc2F)C1=O. The van der Waals surface area contributed by atoms with Crippen molar-refractivity contribution in [3.05, 3.63) is 30.1 Å². The highest BCUT2D eigenvalue weighted by atomic mass is 19.1. The van der Waals surface area contributed by atoms with Crippen molar-refractivity contribution in [2.24, 2.45) is 0 Å². The van der Waals surface area contributed by atoms with E-state index in [0.717, 1.165) is 0 Å². The molecule has 1 aromatic rings. The lowest BCUT2D eigenvalue weighted by molar-refractivity contribution is -0.139. The number of carboxylic acids is 1. The summed E-state index contributed by atoms with van der Waals surface area (Å²) >= 11 is 0. The van der Waals surface area contributed by atoms with Gasteiger partial charge in [-0.3, -0.25) is 9.59 Å². The number of hydrogen-bond acceptors (Lipinski definition) is 3. The molecular weight excluding hydrogens is 239 g/mol. The summed E-state index contributed by atoms with van der Waals surface area (Å²) < 4.78 is 13.6. The first kappa shape index (κ1) is 12.5. The van der Waals surface area contributed by atoms with Gasteiger partial charge in [0.2, 0.25) is 5.91 Å². The summed E-state index contributed by atoms with van der Waals surface area (Å²) in [7, 11) is 0. The van der Waals surface area contributed by atoms with Gasteiger partial charge in [-0.15, -0.1) is 0 Å². The van der Waals surface area contributed by atoms with Crippen LogP contribution in [0.25, 0.3) is 0 Å². The van der Waals surface area contributed by atoms with Gasteiger partial charge in [0.15, 0.2) is 0 Å². The minimum atomic E-state index is -1.06. The zero-order valence-electron chi connectivity index (χ0n) is 9.60. The first-order chi connectivity index (χ1) is 8.59. The van der Waals surface area contributed by atoms with Gasteiger partial charge in [0, 0.05) is 13.1 Å². The minimum absolute atomic E-state index is 0.194. The molecule has 0 bridgehead atoms. The molecule has 1 unspecified atom stereocenters. The van der Waals surface area contributed by atoms with E-state index in [2.05, 4.69) is 5.32 Å². The molecule has 1 aliphatic heterocycles. The van der Waals surface area contributed by atoms with Gasteiger partial charge in [0.1, 0.15) is 5.82 Å². The number of rotatable bonds is 3. The maximum atomic E-state index is 13.6. The number of amides is 1. The Balaban J connectivity index is 2.21. The quantitative estimate of drug-likeness (QED) is 0.826. The second-order valence-corrected chi connectivity index (χ2v) is 4.05. The summed E-state index contributed by atoms with van der Waals surface area (Å²) in [5.74, 6) is -1.95. The zero-order chi connectivity index (χ0) is 13.1. The predicted octanol–water partition coefficient (Wildman–Crippen LogP) is 0.605. The molecule has 96 valence electrons. The lowest BCUT2D eigenvalue weighted by atomic mass is 10.1. The number of halogens is 1. The third-order valence-corrected chi connectivity index (χ3v) is 2.81. The smallest absolute Gasteiger partial charge is 0.305 e. The second kappa shape index (κ2) is 5.14. The van der Waals surface area contributed by atoms with E-state index in [9.17, 15) is 14.0 Å². The molecule has 0 radical (unpaired) electrons. The number of carbonyl (C=O) groups excluding carboxylic acids is 1. The van der Waals surface area contributed by atoms with Crippen LogP contribution in [-0.2, 0) is 9.59 Å². The molecule has 0 saturated carbocycles. The molecule has 1 amide bonds. The van der Waals surface area contributed by atoms with Crippen molar-refractivity contribution in [1.82, 2.24) is 5.32 Å². The van der Waals surface area contributed by atoms with Crippen LogP contribution < -0.4 is 10.2 Å². The molecule has 1 saturated heterocycles. The van der Waals surface area contributed by atoms with Gasteiger partial charge >= 0.3 is 5.97 Å². The molecule has 0 aromatic heterocycles. The summed E-state index contributed by atoms with van der Waals surface area (Å²) in [4.78, 5) is 24.0. The molecular formula is C12H13FN2O3. The second-order valence-electron chi connectivity index (χ2n) is 4.05. The molecule has 1 aromatic carbocycles. The summed E-state index contributed by atoms with van der Waals surface area (Å²) in [5, 5.41) is 11.5. The van der Waals surface area contributed by atoms with Crippen LogP contribution in [0.4, 0.5) is 10.1 Å². The average Bonchev–Trinajstić information content (AvgIpc) is 2.32. The normalized spacial score (nSPS) is 19.9. The highest BCUT2D eigenvalue weighted by Crippen LogP contribution is 2.21. The number of hydrogen-bond donors (Lipinski definition) is 2. The fourth-order valence-electron chi connectivity index (χ4n) is 1.98. The molecule has 6 heteroatoms. The monoisotopic (exact) mass is 252 g/mol. The number of nitrogens with zero attached hydrogens (tertiary/aromatic N) is 1. The Morgan fingerprint density at radius 2 is 2.22 bits per heavy atom. The maximum Gasteiger partial charge on any atom is 0.305 e. The zero-order valence-corrected chi connectivity index (χ0v) is 9.60. The Hall–Kier alpha value is -1.95. The lowest BCUT2D eigenvalue weighted by Crippen LogP contribution is -2.56. The van der Waals surface area contributed by atoms with Crippen molar-refractivity contribution >= 4 is 17.6 Å². The van der Waals surface area contributed by atoms with E-state index >= 15 is 0 Å². The summed E-state index contributed by atoms with van der Waals surface area (Å²) in [5.41, 5.74) is 0.194. The molecule has 2 rings (SSSR count). The Morgan fingerprint density at radius 1 is 1.50 bits per heavy atom. The Morgan fingerprint density at radius 3 is 2.89 bits per heavy atom. The third kappa shape index (κ3) is 2.48. The number of aliphatic carboxylic acids is 1. The molecule has 1 fully saturated rings. The fraction of sp³-hybridized carbons (Fsp3) is 0.333. The number of anilines is 1. The van der Waals surface area contributed by atoms with Gasteiger partial charge in [-0.05, 0) is 12.1 Å². The third-order valence-electron chi connectivity index (χ3n) is 2.81. The molecule has 18 heavy (non-hydrogen) atoms. The van der Waals surface area contributed by atoms with Crippen LogP contribution in [-0.4, -0.2) is 36.1 Å². The minimum Gasteiger partial charge on any atom is -0.481 e. The van der Waals surface area contributed by atoms with Crippen molar-refractivity contribution in [2.45, 2.75) is 12.5 Å². The van der Waals surface area contributed by atoms with Crippen LogP contribution in [0.15, 0.2) is 24.3 Å². The van der Waals surface area contributed by atoms with Gasteiger partial charge < -0.3 is 15.3 Å². The number of carboxylic acid groups (broad SMARTS) is 1. The van der Waals surface area contributed by atoms with Crippen molar-refractivity contribution in [3.63, 3.8) is 0 Å². The maximum absolute atomic E-state index is 13.6. The van der Waals surface area contributed by atoms with Crippen LogP contribution in [0.2, 0.25) is 0 Å². The Bertz CT molecular complexity index is 478. The van der Waals surface area contributed by atoms with Gasteiger partial charge in [-0.2, -0.15) is 0 Å². The van der Waals surface area contributed by atoms with Gasteiger partial charge in [0.05, 0.1) is 18.2 Å². The first-order valence-electron chi connectivity index (χ1n) is 5.60. The summed E-state index contributed by atoms with van der Waals surface area (Å²) in [6, 6.07) is 5.17. The number of para-hydroxylation sites is 1. The Labute approximate surface area is 103 Å². The topological polar surface area (TPSA) is 69.6 Å². The highest BCUT2D eigenvalue weighted by Gasteiger charge is 2.31. The van der Waals surface area contributed by atoms with Crippen molar-refractivity contribution < 1.29 is 19.1 Å². The van der Waals surface area contributed by atoms with E-state index in [1.165, 1.54) is 17.0 Å². The number of carbonyl (C=O) groups is 2. The van der Waals surface area contributed by atoms with Gasteiger partial charge in [0.25, 0.3) is 0 Å². The Kier molecular flexibility index (Phi) is 3.57. The van der Waals surface area contributed by atoms with E-state index < -0.39 is 23.7 Å². The van der Waals surface area contributed by atoms with Crippen LogP contribution >= 0.6 is 0 Å². The van der Waals surface area contributed by atoms with Crippen LogP contribution in [0, 0.1) is 5.82 Å².